The van der Waals surface area contributed by atoms with Gasteiger partial charge in [0.05, 0.1) is 5.56 Å². The maximum absolute atomic E-state index is 11.7. The smallest absolute Gasteiger partial charge is 0.170 e. The van der Waals surface area contributed by atoms with Gasteiger partial charge in [-0.25, -0.2) is 0 Å². The normalized spacial score (nSPS) is 10.3. The Bertz CT molecular complexity index is 491. The molecule has 0 unspecified atom stereocenters. The lowest BCUT2D eigenvalue weighted by molar-refractivity contribution is 0.0982. The Balaban J connectivity index is 3.66. The van der Waals surface area contributed by atoms with E-state index in [4.69, 9.17) is 0 Å². The highest BCUT2D eigenvalue weighted by molar-refractivity contribution is 6.05. The summed E-state index contributed by atoms with van der Waals surface area (Å²) in [6, 6.07) is 0. The lowest BCUT2D eigenvalue weighted by atomic mass is 9.95. The van der Waals surface area contributed by atoms with Crippen LogP contribution in [0.4, 0.5) is 0 Å². The van der Waals surface area contributed by atoms with Crippen LogP contribution in [0.3, 0.4) is 0 Å². The van der Waals surface area contributed by atoms with Crippen LogP contribution in [-0.2, 0) is 6.42 Å². The van der Waals surface area contributed by atoms with Gasteiger partial charge in [-0.05, 0) is 6.42 Å². The molecule has 0 aliphatic heterocycles. The number of carbonyl (C=O) groups is 2. The molecule has 0 saturated carbocycles. The first-order chi connectivity index (χ1) is 8.49. The zero-order valence-electron chi connectivity index (χ0n) is 10.4. The zero-order chi connectivity index (χ0) is 13.9. The Labute approximate surface area is 105 Å². The van der Waals surface area contributed by atoms with Crippen LogP contribution >= 0.6 is 0 Å². The second-order valence-corrected chi connectivity index (χ2v) is 3.96. The molecule has 0 aliphatic carbocycles. The number of rotatable bonds is 5. The van der Waals surface area contributed by atoms with Gasteiger partial charge in [-0.2, -0.15) is 0 Å². The Morgan fingerprint density at radius 3 is 2.17 bits per heavy atom. The predicted octanol–water partition coefficient (Wildman–Crippen LogP) is 2.16. The van der Waals surface area contributed by atoms with E-state index in [0.29, 0.717) is 12.8 Å². The highest BCUT2D eigenvalue weighted by Crippen LogP contribution is 2.42. The molecule has 0 spiro atoms. The third-order valence-electron chi connectivity index (χ3n) is 2.77. The fourth-order valence-corrected chi connectivity index (χ4v) is 1.82. The Morgan fingerprint density at radius 1 is 1.11 bits per heavy atom. The fraction of sp³-hybridized carbons (Fsp3) is 0.385. The summed E-state index contributed by atoms with van der Waals surface area (Å²) in [7, 11) is 0. The van der Waals surface area contributed by atoms with Crippen LogP contribution in [0.1, 0.15) is 53.0 Å². The van der Waals surface area contributed by atoms with Gasteiger partial charge in [-0.15, -0.1) is 0 Å². The van der Waals surface area contributed by atoms with E-state index in [-0.39, 0.29) is 29.4 Å². The summed E-state index contributed by atoms with van der Waals surface area (Å²) in [6.45, 7) is 3.40. The van der Waals surface area contributed by atoms with E-state index in [1.165, 1.54) is 0 Å². The lowest BCUT2D eigenvalue weighted by Crippen LogP contribution is -2.03. The third kappa shape index (κ3) is 2.16. The molecule has 18 heavy (non-hydrogen) atoms. The largest absolute Gasteiger partial charge is 0.507 e. The van der Waals surface area contributed by atoms with E-state index in [2.05, 4.69) is 0 Å². The quantitative estimate of drug-likeness (QED) is 0.551. The molecular formula is C13H16O5. The Kier molecular flexibility index (Phi) is 4.31. The van der Waals surface area contributed by atoms with Crippen molar-refractivity contribution in [2.45, 2.75) is 33.1 Å². The maximum Gasteiger partial charge on any atom is 0.170 e. The number of aromatic hydroxyl groups is 3. The van der Waals surface area contributed by atoms with Crippen LogP contribution in [0.5, 0.6) is 17.2 Å². The first-order valence-electron chi connectivity index (χ1n) is 5.77. The molecule has 1 rings (SSSR count). The van der Waals surface area contributed by atoms with Gasteiger partial charge in [0.1, 0.15) is 22.8 Å². The van der Waals surface area contributed by atoms with Crippen LogP contribution in [0.2, 0.25) is 0 Å². The topological polar surface area (TPSA) is 94.8 Å². The van der Waals surface area contributed by atoms with Crippen LogP contribution in [0.25, 0.3) is 0 Å². The van der Waals surface area contributed by atoms with E-state index in [9.17, 15) is 24.9 Å². The minimum Gasteiger partial charge on any atom is -0.507 e. The van der Waals surface area contributed by atoms with Crippen LogP contribution in [0.15, 0.2) is 0 Å². The van der Waals surface area contributed by atoms with E-state index < -0.39 is 23.0 Å². The van der Waals surface area contributed by atoms with Gasteiger partial charge in [0.15, 0.2) is 12.1 Å². The number of Topliss-reactive ketones (excluding diaryl/α,β-unsaturated/α-hetero) is 1. The summed E-state index contributed by atoms with van der Waals surface area (Å²) in [5.41, 5.74) is -0.525. The molecule has 0 amide bonds. The first-order valence-corrected chi connectivity index (χ1v) is 5.77. The molecule has 0 heterocycles. The highest BCUT2D eigenvalue weighted by atomic mass is 16.3. The average molecular weight is 252 g/mol. The number of carbonyl (C=O) groups excluding carboxylic acids is 2. The van der Waals surface area contributed by atoms with Crippen LogP contribution in [-0.4, -0.2) is 27.4 Å². The standard InChI is InChI=1S/C13H16O5/c1-3-5-7-11(16)8(6-14)13(18)10(12(7)17)9(15)4-2/h6,16-18H,3-5H2,1-2H3. The highest BCUT2D eigenvalue weighted by Gasteiger charge is 2.25. The van der Waals surface area contributed by atoms with Crippen molar-refractivity contribution >= 4 is 12.1 Å². The molecule has 0 fully saturated rings. The molecule has 98 valence electrons. The molecular weight excluding hydrogens is 236 g/mol. The molecule has 0 aliphatic rings. The molecule has 1 aromatic rings. The summed E-state index contributed by atoms with van der Waals surface area (Å²) in [5, 5.41) is 29.5. The van der Waals surface area contributed by atoms with Gasteiger partial charge in [-0.3, -0.25) is 9.59 Å². The summed E-state index contributed by atoms with van der Waals surface area (Å²) in [5.74, 6) is -2.05. The van der Waals surface area contributed by atoms with Gasteiger partial charge in [0.2, 0.25) is 0 Å². The molecule has 0 saturated heterocycles. The fourth-order valence-electron chi connectivity index (χ4n) is 1.82. The van der Waals surface area contributed by atoms with Crippen molar-refractivity contribution in [3.8, 4) is 17.2 Å². The second-order valence-electron chi connectivity index (χ2n) is 3.96. The summed E-state index contributed by atoms with van der Waals surface area (Å²) in [6.07, 6.45) is 1.28. The van der Waals surface area contributed by atoms with Gasteiger partial charge in [0.25, 0.3) is 0 Å². The number of phenols is 3. The molecule has 0 bridgehead atoms. The Morgan fingerprint density at radius 2 is 1.72 bits per heavy atom. The maximum atomic E-state index is 11.7. The van der Waals surface area contributed by atoms with Gasteiger partial charge < -0.3 is 15.3 Å². The first kappa shape index (κ1) is 14.0. The van der Waals surface area contributed by atoms with E-state index >= 15 is 0 Å². The van der Waals surface area contributed by atoms with Gasteiger partial charge in [0, 0.05) is 12.0 Å². The van der Waals surface area contributed by atoms with Crippen molar-refractivity contribution in [1.29, 1.82) is 0 Å². The molecule has 0 aromatic heterocycles. The van der Waals surface area contributed by atoms with E-state index in [1.54, 1.807) is 6.92 Å². The summed E-state index contributed by atoms with van der Waals surface area (Å²) >= 11 is 0. The predicted molar refractivity (Wildman–Crippen MR) is 65.4 cm³/mol. The number of hydrogen-bond acceptors (Lipinski definition) is 5. The van der Waals surface area contributed by atoms with Gasteiger partial charge >= 0.3 is 0 Å². The average Bonchev–Trinajstić information content (AvgIpc) is 2.35. The third-order valence-corrected chi connectivity index (χ3v) is 2.77. The number of aldehydes is 1. The molecule has 5 heteroatoms. The zero-order valence-corrected chi connectivity index (χ0v) is 10.4. The molecule has 0 atom stereocenters. The minimum atomic E-state index is -0.660. The SMILES string of the molecule is CCCc1c(O)c(C=O)c(O)c(C(=O)CC)c1O. The summed E-state index contributed by atoms with van der Waals surface area (Å²) < 4.78 is 0. The molecule has 5 nitrogen and oxygen atoms in total. The number of phenolic OH excluding ortho intramolecular Hbond substituents is 3. The Hall–Kier alpha value is -2.04. The van der Waals surface area contributed by atoms with Crippen molar-refractivity contribution in [1.82, 2.24) is 0 Å². The number of benzene rings is 1. The lowest BCUT2D eigenvalue weighted by Gasteiger charge is -2.14. The van der Waals surface area contributed by atoms with Crippen molar-refractivity contribution in [2.75, 3.05) is 0 Å². The minimum absolute atomic E-state index is 0.0791. The van der Waals surface area contributed by atoms with Crippen LogP contribution in [0, 0.1) is 0 Å². The molecule has 0 radical (unpaired) electrons. The second kappa shape index (κ2) is 5.53. The van der Waals surface area contributed by atoms with E-state index in [1.807, 2.05) is 6.92 Å². The molecule has 3 N–H and O–H groups in total. The van der Waals surface area contributed by atoms with E-state index in [0.717, 1.165) is 0 Å². The summed E-state index contributed by atoms with van der Waals surface area (Å²) in [4.78, 5) is 22.5. The van der Waals surface area contributed by atoms with Crippen molar-refractivity contribution in [2.24, 2.45) is 0 Å². The monoisotopic (exact) mass is 252 g/mol. The number of hydrogen-bond donors (Lipinski definition) is 3. The molecule has 1 aromatic carbocycles. The van der Waals surface area contributed by atoms with Crippen molar-refractivity contribution in [3.05, 3.63) is 16.7 Å². The van der Waals surface area contributed by atoms with Crippen molar-refractivity contribution < 1.29 is 24.9 Å². The van der Waals surface area contributed by atoms with Gasteiger partial charge in [-0.1, -0.05) is 20.3 Å². The van der Waals surface area contributed by atoms with Crippen LogP contribution < -0.4 is 0 Å². The van der Waals surface area contributed by atoms with Crippen molar-refractivity contribution in [3.63, 3.8) is 0 Å². The number of ketones is 1.